The van der Waals surface area contributed by atoms with E-state index in [9.17, 15) is 17.2 Å². The molecule has 0 unspecified atom stereocenters. The van der Waals surface area contributed by atoms with Gasteiger partial charge in [0.15, 0.2) is 0 Å². The molecule has 1 aromatic heterocycles. The lowest BCUT2D eigenvalue weighted by molar-refractivity contribution is -0.0498. The molecule has 6 nitrogen and oxygen atoms in total. The molecule has 2 aromatic rings. The third-order valence-electron chi connectivity index (χ3n) is 3.22. The van der Waals surface area contributed by atoms with Crippen LogP contribution in [0.1, 0.15) is 11.3 Å². The number of hydrogen-bond donors (Lipinski definition) is 1. The van der Waals surface area contributed by atoms with Crippen molar-refractivity contribution in [3.05, 3.63) is 40.7 Å². The lowest BCUT2D eigenvalue weighted by Crippen LogP contribution is -2.26. The lowest BCUT2D eigenvalue weighted by atomic mass is 10.1. The number of hydrogen-bond acceptors (Lipinski definition) is 4. The molecule has 0 spiro atoms. The Hall–Kier alpha value is -1.71. The molecule has 0 aliphatic carbocycles. The molecule has 1 N–H and O–H groups in total. The van der Waals surface area contributed by atoms with Crippen LogP contribution in [0.3, 0.4) is 0 Å². The minimum absolute atomic E-state index is 0.0356. The summed E-state index contributed by atoms with van der Waals surface area (Å²) in [5, 5.41) is 4.00. The van der Waals surface area contributed by atoms with E-state index in [4.69, 9.17) is 11.6 Å². The molecule has 0 aliphatic heterocycles. The second-order valence-corrected chi connectivity index (χ2v) is 7.06. The molecule has 1 aromatic carbocycles. The summed E-state index contributed by atoms with van der Waals surface area (Å²) in [5.41, 5.74) is 1.08. The molecule has 2 rings (SSSR count). The fourth-order valence-electron chi connectivity index (χ4n) is 2.16. The van der Waals surface area contributed by atoms with Crippen LogP contribution >= 0.6 is 11.6 Å². The maximum absolute atomic E-state index is 12.3. The first-order chi connectivity index (χ1) is 11.2. The first-order valence-corrected chi connectivity index (χ1v) is 8.79. The Morgan fingerprint density at radius 2 is 1.96 bits per heavy atom. The molecular weight excluding hydrogens is 364 g/mol. The standard InChI is InChI=1S/C14H16ClF2N3O3S/c1-9-12(13(15)20(2)19-9)24(21,22)18-8-7-10-3-5-11(6-4-10)23-14(16)17/h3-6,14,18H,7-8H2,1-2H3. The highest BCUT2D eigenvalue weighted by atomic mass is 35.5. The summed E-state index contributed by atoms with van der Waals surface area (Å²) < 4.78 is 56.7. The second kappa shape index (κ2) is 7.45. The number of rotatable bonds is 7. The molecule has 0 bridgehead atoms. The van der Waals surface area contributed by atoms with Gasteiger partial charge in [-0.1, -0.05) is 23.7 Å². The summed E-state index contributed by atoms with van der Waals surface area (Å²) in [4.78, 5) is -0.0488. The summed E-state index contributed by atoms with van der Waals surface area (Å²) >= 11 is 5.96. The van der Waals surface area contributed by atoms with Gasteiger partial charge in [0.2, 0.25) is 10.0 Å². The zero-order chi connectivity index (χ0) is 17.9. The van der Waals surface area contributed by atoms with Gasteiger partial charge in [-0.2, -0.15) is 13.9 Å². The van der Waals surface area contributed by atoms with Crippen LogP contribution in [0.15, 0.2) is 29.2 Å². The molecule has 0 fully saturated rings. The van der Waals surface area contributed by atoms with Gasteiger partial charge in [-0.3, -0.25) is 4.68 Å². The van der Waals surface area contributed by atoms with Crippen molar-refractivity contribution in [3.8, 4) is 5.75 Å². The van der Waals surface area contributed by atoms with Gasteiger partial charge < -0.3 is 4.74 Å². The van der Waals surface area contributed by atoms with Crippen LogP contribution in [0.25, 0.3) is 0 Å². The number of benzene rings is 1. The van der Waals surface area contributed by atoms with Crippen LogP contribution in [0.5, 0.6) is 5.75 Å². The fraction of sp³-hybridized carbons (Fsp3) is 0.357. The molecular formula is C14H16ClF2N3O3S. The average Bonchev–Trinajstić information content (AvgIpc) is 2.73. The predicted molar refractivity (Wildman–Crippen MR) is 84.9 cm³/mol. The van der Waals surface area contributed by atoms with Crippen LogP contribution in [-0.4, -0.2) is 31.4 Å². The van der Waals surface area contributed by atoms with Gasteiger partial charge in [0.05, 0.1) is 5.69 Å². The van der Waals surface area contributed by atoms with E-state index >= 15 is 0 Å². The Kier molecular flexibility index (Phi) is 5.79. The number of nitrogens with zero attached hydrogens (tertiary/aromatic N) is 2. The lowest BCUT2D eigenvalue weighted by Gasteiger charge is -2.08. The Balaban J connectivity index is 1.98. The number of aromatic nitrogens is 2. The van der Waals surface area contributed by atoms with Gasteiger partial charge in [0.25, 0.3) is 0 Å². The van der Waals surface area contributed by atoms with E-state index in [0.717, 1.165) is 5.56 Å². The van der Waals surface area contributed by atoms with Crippen molar-refractivity contribution in [2.75, 3.05) is 6.54 Å². The Bertz CT molecular complexity index is 807. The normalized spacial score (nSPS) is 11.9. The van der Waals surface area contributed by atoms with Crippen molar-refractivity contribution in [1.29, 1.82) is 0 Å². The highest BCUT2D eigenvalue weighted by molar-refractivity contribution is 7.89. The third-order valence-corrected chi connectivity index (χ3v) is 5.38. The van der Waals surface area contributed by atoms with Crippen molar-refractivity contribution in [2.24, 2.45) is 7.05 Å². The van der Waals surface area contributed by atoms with E-state index in [1.165, 1.54) is 16.8 Å². The molecule has 0 saturated heterocycles. The Morgan fingerprint density at radius 1 is 1.33 bits per heavy atom. The largest absolute Gasteiger partial charge is 0.435 e. The van der Waals surface area contributed by atoms with Crippen molar-refractivity contribution < 1.29 is 21.9 Å². The van der Waals surface area contributed by atoms with Gasteiger partial charge in [-0.15, -0.1) is 0 Å². The monoisotopic (exact) mass is 379 g/mol. The van der Waals surface area contributed by atoms with E-state index in [2.05, 4.69) is 14.6 Å². The minimum Gasteiger partial charge on any atom is -0.435 e. The second-order valence-electron chi connectivity index (χ2n) is 5.00. The first kappa shape index (κ1) is 18.6. The SMILES string of the molecule is Cc1nn(C)c(Cl)c1S(=O)(=O)NCCc1ccc(OC(F)F)cc1. The van der Waals surface area contributed by atoms with Crippen LogP contribution in [0, 0.1) is 6.92 Å². The maximum Gasteiger partial charge on any atom is 0.387 e. The number of ether oxygens (including phenoxy) is 1. The number of nitrogens with one attached hydrogen (secondary N) is 1. The number of aryl methyl sites for hydroxylation is 2. The van der Waals surface area contributed by atoms with Crippen LogP contribution in [-0.2, 0) is 23.5 Å². The highest BCUT2D eigenvalue weighted by Gasteiger charge is 2.24. The first-order valence-electron chi connectivity index (χ1n) is 6.93. The third kappa shape index (κ3) is 4.43. The topological polar surface area (TPSA) is 73.2 Å². The molecule has 0 amide bonds. The molecule has 0 saturated carbocycles. The van der Waals surface area contributed by atoms with E-state index in [0.29, 0.717) is 12.1 Å². The summed E-state index contributed by atoms with van der Waals surface area (Å²) in [5.74, 6) is 0.0482. The zero-order valence-electron chi connectivity index (χ0n) is 13.0. The maximum atomic E-state index is 12.3. The zero-order valence-corrected chi connectivity index (χ0v) is 14.5. The number of alkyl halides is 2. The fourth-order valence-corrected chi connectivity index (χ4v) is 3.93. The van der Waals surface area contributed by atoms with Gasteiger partial charge in [-0.25, -0.2) is 13.1 Å². The Labute approximate surface area is 143 Å². The van der Waals surface area contributed by atoms with Gasteiger partial charge in [0.1, 0.15) is 15.8 Å². The number of halogens is 3. The van der Waals surface area contributed by atoms with E-state index in [-0.39, 0.29) is 22.3 Å². The molecule has 1 heterocycles. The van der Waals surface area contributed by atoms with Crippen LogP contribution in [0.2, 0.25) is 5.15 Å². The molecule has 0 radical (unpaired) electrons. The molecule has 10 heteroatoms. The van der Waals surface area contributed by atoms with Gasteiger partial charge >= 0.3 is 6.61 Å². The van der Waals surface area contributed by atoms with Gasteiger partial charge in [-0.05, 0) is 31.0 Å². The summed E-state index contributed by atoms with van der Waals surface area (Å²) in [7, 11) is -2.23. The highest BCUT2D eigenvalue weighted by Crippen LogP contribution is 2.23. The minimum atomic E-state index is -3.78. The summed E-state index contributed by atoms with van der Waals surface area (Å²) in [6, 6.07) is 5.98. The van der Waals surface area contributed by atoms with E-state index in [1.807, 2.05) is 0 Å². The predicted octanol–water partition coefficient (Wildman–Crippen LogP) is 2.50. The smallest absolute Gasteiger partial charge is 0.387 e. The van der Waals surface area contributed by atoms with Gasteiger partial charge in [0, 0.05) is 13.6 Å². The molecule has 0 aliphatic rings. The van der Waals surface area contributed by atoms with E-state index in [1.54, 1.807) is 26.1 Å². The van der Waals surface area contributed by atoms with Crippen molar-refractivity contribution in [1.82, 2.24) is 14.5 Å². The number of sulfonamides is 1. The van der Waals surface area contributed by atoms with Crippen LogP contribution < -0.4 is 9.46 Å². The average molecular weight is 380 g/mol. The Morgan fingerprint density at radius 3 is 2.46 bits per heavy atom. The van der Waals surface area contributed by atoms with Crippen molar-refractivity contribution in [2.45, 2.75) is 24.9 Å². The molecule has 24 heavy (non-hydrogen) atoms. The summed E-state index contributed by atoms with van der Waals surface area (Å²) in [6.07, 6.45) is 0.380. The molecule has 132 valence electrons. The molecule has 0 atom stereocenters. The van der Waals surface area contributed by atoms with Crippen LogP contribution in [0.4, 0.5) is 8.78 Å². The van der Waals surface area contributed by atoms with E-state index < -0.39 is 16.6 Å². The summed E-state index contributed by atoms with van der Waals surface area (Å²) in [6.45, 7) is -1.19. The van der Waals surface area contributed by atoms with Crippen molar-refractivity contribution in [3.63, 3.8) is 0 Å². The quantitative estimate of drug-likeness (QED) is 0.802. The van der Waals surface area contributed by atoms with Crippen molar-refractivity contribution >= 4 is 21.6 Å².